The summed E-state index contributed by atoms with van der Waals surface area (Å²) < 4.78 is 5.62. The molecule has 30 heavy (non-hydrogen) atoms. The number of para-hydroxylation sites is 1. The van der Waals surface area contributed by atoms with Crippen molar-refractivity contribution in [2.24, 2.45) is 0 Å². The summed E-state index contributed by atoms with van der Waals surface area (Å²) in [4.78, 5) is 21.2. The Bertz CT molecular complexity index is 1180. The first-order valence-corrected chi connectivity index (χ1v) is 9.69. The summed E-state index contributed by atoms with van der Waals surface area (Å²) in [6, 6.07) is 22.3. The molecule has 5 nitrogen and oxygen atoms in total. The van der Waals surface area contributed by atoms with Crippen LogP contribution in [0.15, 0.2) is 85.2 Å². The lowest BCUT2D eigenvalue weighted by Crippen LogP contribution is -2.11. The Kier molecular flexibility index (Phi) is 5.72. The molecule has 1 aromatic heterocycles. The van der Waals surface area contributed by atoms with Crippen LogP contribution in [0.3, 0.4) is 0 Å². The number of aryl methyl sites for hydroxylation is 1. The van der Waals surface area contributed by atoms with E-state index in [1.807, 2.05) is 61.5 Å². The van der Waals surface area contributed by atoms with E-state index >= 15 is 0 Å². The summed E-state index contributed by atoms with van der Waals surface area (Å²) >= 11 is 6.14. The Morgan fingerprint density at radius 1 is 0.900 bits per heavy atom. The van der Waals surface area contributed by atoms with Crippen molar-refractivity contribution in [3.8, 4) is 22.9 Å². The second-order valence-corrected chi connectivity index (χ2v) is 7.08. The standard InChI is InChI=1S/C24H18ClN3O2/c1-16-10-11-20(13-22(16)25)28-23(29)18-7-5-6-17(12-18)19-14-26-24(27-15-19)30-21-8-3-2-4-9-21/h2-15H,1H3,(H,28,29). The third-order valence-corrected chi connectivity index (χ3v) is 4.88. The highest BCUT2D eigenvalue weighted by molar-refractivity contribution is 6.31. The van der Waals surface area contributed by atoms with Gasteiger partial charge in [0.25, 0.3) is 5.91 Å². The number of ether oxygens (including phenoxy) is 1. The maximum absolute atomic E-state index is 12.6. The maximum Gasteiger partial charge on any atom is 0.321 e. The van der Waals surface area contributed by atoms with Gasteiger partial charge >= 0.3 is 6.01 Å². The first-order chi connectivity index (χ1) is 14.6. The quantitative estimate of drug-likeness (QED) is 0.424. The van der Waals surface area contributed by atoms with Crippen molar-refractivity contribution in [2.45, 2.75) is 6.92 Å². The van der Waals surface area contributed by atoms with Gasteiger partial charge in [0, 0.05) is 34.2 Å². The van der Waals surface area contributed by atoms with Crippen LogP contribution < -0.4 is 10.1 Å². The highest BCUT2D eigenvalue weighted by atomic mass is 35.5. The molecule has 0 aliphatic carbocycles. The zero-order valence-corrected chi connectivity index (χ0v) is 16.9. The van der Waals surface area contributed by atoms with Crippen molar-refractivity contribution in [1.29, 1.82) is 0 Å². The van der Waals surface area contributed by atoms with E-state index in [9.17, 15) is 4.79 Å². The van der Waals surface area contributed by atoms with Crippen LogP contribution in [0, 0.1) is 6.92 Å². The first kappa shape index (κ1) is 19.6. The summed E-state index contributed by atoms with van der Waals surface area (Å²) in [6.45, 7) is 1.91. The molecule has 1 N–H and O–H groups in total. The largest absolute Gasteiger partial charge is 0.424 e. The summed E-state index contributed by atoms with van der Waals surface area (Å²) in [5.74, 6) is 0.446. The molecule has 4 rings (SSSR count). The number of anilines is 1. The average molecular weight is 416 g/mol. The van der Waals surface area contributed by atoms with Crippen molar-refractivity contribution in [1.82, 2.24) is 9.97 Å². The number of hydrogen-bond donors (Lipinski definition) is 1. The van der Waals surface area contributed by atoms with Gasteiger partial charge in [-0.1, -0.05) is 48.0 Å². The van der Waals surface area contributed by atoms with Crippen molar-refractivity contribution >= 4 is 23.2 Å². The molecule has 0 saturated heterocycles. The second-order valence-electron chi connectivity index (χ2n) is 6.67. The number of aromatic nitrogens is 2. The SMILES string of the molecule is Cc1ccc(NC(=O)c2cccc(-c3cnc(Oc4ccccc4)nc3)c2)cc1Cl. The van der Waals surface area contributed by atoms with E-state index in [2.05, 4.69) is 15.3 Å². The molecule has 0 unspecified atom stereocenters. The Balaban J connectivity index is 1.49. The fourth-order valence-corrected chi connectivity index (χ4v) is 3.01. The lowest BCUT2D eigenvalue weighted by atomic mass is 10.1. The molecule has 0 radical (unpaired) electrons. The molecule has 6 heteroatoms. The maximum atomic E-state index is 12.6. The number of hydrogen-bond acceptors (Lipinski definition) is 4. The van der Waals surface area contributed by atoms with E-state index in [4.69, 9.17) is 16.3 Å². The number of nitrogens with one attached hydrogen (secondary N) is 1. The molecule has 0 aliphatic rings. The van der Waals surface area contributed by atoms with E-state index in [-0.39, 0.29) is 11.9 Å². The normalized spacial score (nSPS) is 10.5. The summed E-state index contributed by atoms with van der Waals surface area (Å²) in [5, 5.41) is 3.47. The van der Waals surface area contributed by atoms with Crippen LogP contribution >= 0.6 is 11.6 Å². The molecule has 0 bridgehead atoms. The van der Waals surface area contributed by atoms with Gasteiger partial charge in [0.1, 0.15) is 5.75 Å². The smallest absolute Gasteiger partial charge is 0.321 e. The number of benzene rings is 3. The molecule has 0 aliphatic heterocycles. The van der Waals surface area contributed by atoms with E-state index in [1.54, 1.807) is 30.6 Å². The molecule has 148 valence electrons. The van der Waals surface area contributed by atoms with Gasteiger partial charge in [-0.15, -0.1) is 0 Å². The minimum Gasteiger partial charge on any atom is -0.424 e. The molecule has 1 heterocycles. The fraction of sp³-hybridized carbons (Fsp3) is 0.0417. The molecule has 4 aromatic rings. The van der Waals surface area contributed by atoms with Crippen LogP contribution in [0.25, 0.3) is 11.1 Å². The van der Waals surface area contributed by atoms with Crippen LogP contribution in [-0.2, 0) is 0 Å². The molecular formula is C24H18ClN3O2. The second kappa shape index (κ2) is 8.76. The molecule has 1 amide bonds. The molecule has 0 fully saturated rings. The van der Waals surface area contributed by atoms with Gasteiger partial charge in [-0.3, -0.25) is 4.79 Å². The van der Waals surface area contributed by atoms with Crippen LogP contribution in [0.1, 0.15) is 15.9 Å². The number of amides is 1. The lowest BCUT2D eigenvalue weighted by molar-refractivity contribution is 0.102. The van der Waals surface area contributed by atoms with E-state index < -0.39 is 0 Å². The fourth-order valence-electron chi connectivity index (χ4n) is 2.83. The molecular weight excluding hydrogens is 398 g/mol. The minimum absolute atomic E-state index is 0.221. The van der Waals surface area contributed by atoms with Gasteiger partial charge < -0.3 is 10.1 Å². The van der Waals surface area contributed by atoms with Gasteiger partial charge in [0.2, 0.25) is 0 Å². The van der Waals surface area contributed by atoms with E-state index in [0.717, 1.165) is 16.7 Å². The number of nitrogens with zero attached hydrogens (tertiary/aromatic N) is 2. The Hall–Kier alpha value is -3.70. The van der Waals surface area contributed by atoms with Crippen LogP contribution in [-0.4, -0.2) is 15.9 Å². The van der Waals surface area contributed by atoms with Crippen molar-refractivity contribution in [3.63, 3.8) is 0 Å². The van der Waals surface area contributed by atoms with Gasteiger partial charge in [0.15, 0.2) is 0 Å². The predicted octanol–water partition coefficient (Wildman–Crippen LogP) is 6.15. The summed E-state index contributed by atoms with van der Waals surface area (Å²) in [5.41, 5.74) is 3.73. The topological polar surface area (TPSA) is 64.1 Å². The van der Waals surface area contributed by atoms with Crippen molar-refractivity contribution in [3.05, 3.63) is 101 Å². The van der Waals surface area contributed by atoms with Crippen LogP contribution in [0.5, 0.6) is 11.8 Å². The van der Waals surface area contributed by atoms with E-state index in [0.29, 0.717) is 22.0 Å². The molecule has 0 spiro atoms. The Morgan fingerprint density at radius 3 is 2.40 bits per heavy atom. The highest BCUT2D eigenvalue weighted by Crippen LogP contribution is 2.24. The van der Waals surface area contributed by atoms with Gasteiger partial charge in [0.05, 0.1) is 0 Å². The monoisotopic (exact) mass is 415 g/mol. The predicted molar refractivity (Wildman–Crippen MR) is 118 cm³/mol. The molecule has 0 atom stereocenters. The Labute approximate surface area is 179 Å². The zero-order chi connectivity index (χ0) is 20.9. The van der Waals surface area contributed by atoms with Crippen LogP contribution in [0.4, 0.5) is 5.69 Å². The zero-order valence-electron chi connectivity index (χ0n) is 16.2. The van der Waals surface area contributed by atoms with E-state index in [1.165, 1.54) is 0 Å². The Morgan fingerprint density at radius 2 is 1.67 bits per heavy atom. The van der Waals surface area contributed by atoms with Gasteiger partial charge in [-0.05, 0) is 54.4 Å². The highest BCUT2D eigenvalue weighted by Gasteiger charge is 2.10. The number of rotatable bonds is 5. The average Bonchev–Trinajstić information content (AvgIpc) is 2.78. The lowest BCUT2D eigenvalue weighted by Gasteiger charge is -2.09. The third kappa shape index (κ3) is 4.64. The van der Waals surface area contributed by atoms with Crippen LogP contribution in [0.2, 0.25) is 5.02 Å². The summed E-state index contributed by atoms with van der Waals surface area (Å²) in [7, 11) is 0. The minimum atomic E-state index is -0.221. The first-order valence-electron chi connectivity index (χ1n) is 9.31. The third-order valence-electron chi connectivity index (χ3n) is 4.47. The van der Waals surface area contributed by atoms with Gasteiger partial charge in [-0.2, -0.15) is 0 Å². The van der Waals surface area contributed by atoms with Gasteiger partial charge in [-0.25, -0.2) is 9.97 Å². The number of carbonyl (C=O) groups excluding carboxylic acids is 1. The number of halogens is 1. The molecule has 0 saturated carbocycles. The van der Waals surface area contributed by atoms with Crippen molar-refractivity contribution in [2.75, 3.05) is 5.32 Å². The summed E-state index contributed by atoms with van der Waals surface area (Å²) in [6.07, 6.45) is 3.34. The van der Waals surface area contributed by atoms with Crippen molar-refractivity contribution < 1.29 is 9.53 Å². The number of carbonyl (C=O) groups is 1. The molecule has 3 aromatic carbocycles.